The second-order valence-electron chi connectivity index (χ2n) is 11.1. The number of amides is 2. The van der Waals surface area contributed by atoms with Crippen LogP contribution in [0.3, 0.4) is 0 Å². The number of fused-ring (bicyclic) bond motifs is 5. The highest BCUT2D eigenvalue weighted by molar-refractivity contribution is 5.96. The molecule has 0 unspecified atom stereocenters. The Labute approximate surface area is 200 Å². The lowest BCUT2D eigenvalue weighted by Crippen LogP contribution is -2.51. The summed E-state index contributed by atoms with van der Waals surface area (Å²) in [6.07, 6.45) is 9.71. The molecule has 4 rings (SSSR count). The number of carbonyl (C=O) groups excluding carboxylic acids is 2. The topological polar surface area (TPSA) is 151 Å². The zero-order valence-electron chi connectivity index (χ0n) is 20.1. The van der Waals surface area contributed by atoms with Crippen LogP contribution >= 0.6 is 0 Å². The van der Waals surface area contributed by atoms with Gasteiger partial charge in [0.15, 0.2) is 6.61 Å². The van der Waals surface area contributed by atoms with Crippen molar-refractivity contribution in [1.82, 2.24) is 5.32 Å². The maximum Gasteiger partial charge on any atom is 0.326 e. The smallest absolute Gasteiger partial charge is 0.326 e. The molecule has 0 aromatic rings. The number of aliphatic carboxylic acids is 1. The number of carbonyl (C=O) groups is 3. The molecule has 0 heterocycles. The molecule has 4 aliphatic rings. The van der Waals surface area contributed by atoms with Crippen LogP contribution in [0.15, 0.2) is 16.8 Å². The van der Waals surface area contributed by atoms with Gasteiger partial charge < -0.3 is 26.1 Å². The number of primary amides is 1. The highest BCUT2D eigenvalue weighted by atomic mass is 16.6. The third kappa shape index (κ3) is 4.46. The van der Waals surface area contributed by atoms with Gasteiger partial charge in [-0.2, -0.15) is 0 Å². The van der Waals surface area contributed by atoms with Gasteiger partial charge >= 0.3 is 5.97 Å². The van der Waals surface area contributed by atoms with Gasteiger partial charge in [-0.25, -0.2) is 4.79 Å². The lowest BCUT2D eigenvalue weighted by molar-refractivity contribution is -0.144. The first-order valence-electron chi connectivity index (χ1n) is 12.4. The fraction of sp³-hybridized carbons (Fsp3) is 0.760. The summed E-state index contributed by atoms with van der Waals surface area (Å²) >= 11 is 0. The molecule has 0 aromatic carbocycles. The van der Waals surface area contributed by atoms with E-state index in [0.717, 1.165) is 57.1 Å². The minimum atomic E-state index is -1.38. The number of aliphatic hydroxyl groups is 1. The maximum atomic E-state index is 12.0. The lowest BCUT2D eigenvalue weighted by Gasteiger charge is -2.57. The van der Waals surface area contributed by atoms with Crippen molar-refractivity contribution in [3.63, 3.8) is 0 Å². The van der Waals surface area contributed by atoms with Crippen LogP contribution in [0.5, 0.6) is 0 Å². The van der Waals surface area contributed by atoms with E-state index in [-0.39, 0.29) is 16.9 Å². The fourth-order valence-electron chi connectivity index (χ4n) is 7.43. The van der Waals surface area contributed by atoms with Crippen LogP contribution < -0.4 is 11.1 Å². The van der Waals surface area contributed by atoms with Crippen LogP contribution in [0.25, 0.3) is 0 Å². The van der Waals surface area contributed by atoms with E-state index in [9.17, 15) is 19.5 Å². The Kier molecular flexibility index (Phi) is 6.77. The Hall–Kier alpha value is -2.42. The maximum absolute atomic E-state index is 12.0. The molecule has 5 N–H and O–H groups in total. The molecule has 0 saturated heterocycles. The number of nitrogens with zero attached hydrogens (tertiary/aromatic N) is 1. The summed E-state index contributed by atoms with van der Waals surface area (Å²) < 4.78 is 0. The first kappa shape index (κ1) is 24.7. The zero-order chi connectivity index (χ0) is 24.7. The summed E-state index contributed by atoms with van der Waals surface area (Å²) in [5, 5.41) is 26.1. The van der Waals surface area contributed by atoms with Crippen molar-refractivity contribution in [3.8, 4) is 0 Å². The Morgan fingerprint density at radius 2 is 1.94 bits per heavy atom. The SMILES string of the molecule is C[C@]12CC[C@H]3[C@@H](CCC4=C/C(=N/OCC(=O)N[C@@H](CC(N)=O)C(=O)O)CC[C@@]43C)[C@@H]1CC[C@@H]2O. The van der Waals surface area contributed by atoms with Crippen molar-refractivity contribution < 1.29 is 29.4 Å². The number of hydrogen-bond acceptors (Lipinski definition) is 6. The third-order valence-electron chi connectivity index (χ3n) is 9.34. The molecule has 34 heavy (non-hydrogen) atoms. The van der Waals surface area contributed by atoms with E-state index < -0.39 is 36.9 Å². The highest BCUT2D eigenvalue weighted by Crippen LogP contribution is 2.65. The molecular formula is C25H37N3O6. The molecule has 0 spiro atoms. The first-order valence-corrected chi connectivity index (χ1v) is 12.4. The predicted molar refractivity (Wildman–Crippen MR) is 124 cm³/mol. The summed E-state index contributed by atoms with van der Waals surface area (Å²) in [7, 11) is 0. The molecule has 4 aliphatic carbocycles. The summed E-state index contributed by atoms with van der Waals surface area (Å²) in [5.74, 6) is -0.911. The summed E-state index contributed by atoms with van der Waals surface area (Å²) in [4.78, 5) is 39.3. The largest absolute Gasteiger partial charge is 0.480 e. The Balaban J connectivity index is 1.37. The molecular weight excluding hydrogens is 438 g/mol. The summed E-state index contributed by atoms with van der Waals surface area (Å²) in [6.45, 7) is 4.25. The fourth-order valence-corrected chi connectivity index (χ4v) is 7.43. The quantitative estimate of drug-likeness (QED) is 0.414. The van der Waals surface area contributed by atoms with Crippen LogP contribution in [0.2, 0.25) is 0 Å². The third-order valence-corrected chi connectivity index (χ3v) is 9.34. The normalized spacial score (nSPS) is 38.7. The van der Waals surface area contributed by atoms with Crippen LogP contribution in [0, 0.1) is 28.6 Å². The lowest BCUT2D eigenvalue weighted by atomic mass is 9.47. The standard InChI is InChI=1S/C25H37N3O6/c1-24-9-7-15(28-34-13-22(31)27-19(23(32)33)12-21(26)30)11-14(24)3-4-16-17-5-6-20(29)25(17,2)10-8-18(16)24/h11,16-20,29H,3-10,12-13H2,1-2H3,(H2,26,30)(H,27,31)(H,32,33)/b28-15+/t16-,17-,18-,19-,20-,24-,25-/m0/s1. The monoisotopic (exact) mass is 475 g/mol. The van der Waals surface area contributed by atoms with Crippen molar-refractivity contribution in [3.05, 3.63) is 11.6 Å². The zero-order valence-corrected chi connectivity index (χ0v) is 20.1. The van der Waals surface area contributed by atoms with E-state index in [1.165, 1.54) is 5.57 Å². The average Bonchev–Trinajstić information content (AvgIpc) is 3.07. The van der Waals surface area contributed by atoms with Crippen LogP contribution in [-0.4, -0.2) is 52.5 Å². The second kappa shape index (κ2) is 9.32. The van der Waals surface area contributed by atoms with Crippen molar-refractivity contribution in [2.75, 3.05) is 6.61 Å². The summed E-state index contributed by atoms with van der Waals surface area (Å²) in [5.41, 5.74) is 7.43. The van der Waals surface area contributed by atoms with Gasteiger partial charge in [0.05, 0.1) is 18.2 Å². The first-order chi connectivity index (χ1) is 16.0. The number of rotatable bonds is 7. The predicted octanol–water partition coefficient (Wildman–Crippen LogP) is 2.13. The highest BCUT2D eigenvalue weighted by Gasteiger charge is 2.58. The molecule has 9 nitrogen and oxygen atoms in total. The van der Waals surface area contributed by atoms with Crippen LogP contribution in [-0.2, 0) is 19.2 Å². The van der Waals surface area contributed by atoms with E-state index >= 15 is 0 Å². The van der Waals surface area contributed by atoms with Gasteiger partial charge in [0.1, 0.15) is 6.04 Å². The minimum absolute atomic E-state index is 0.0749. The van der Waals surface area contributed by atoms with Crippen LogP contribution in [0.1, 0.15) is 71.6 Å². The average molecular weight is 476 g/mol. The van der Waals surface area contributed by atoms with Gasteiger partial charge in [-0.05, 0) is 86.0 Å². The molecule has 0 radical (unpaired) electrons. The van der Waals surface area contributed by atoms with Crippen LogP contribution in [0.4, 0.5) is 0 Å². The number of carboxylic acids is 1. The van der Waals surface area contributed by atoms with Gasteiger partial charge in [-0.15, -0.1) is 0 Å². The van der Waals surface area contributed by atoms with Crippen molar-refractivity contribution in [1.29, 1.82) is 0 Å². The van der Waals surface area contributed by atoms with Crippen molar-refractivity contribution in [2.24, 2.45) is 39.5 Å². The molecule has 0 aliphatic heterocycles. The van der Waals surface area contributed by atoms with E-state index in [2.05, 4.69) is 30.4 Å². The van der Waals surface area contributed by atoms with Crippen molar-refractivity contribution in [2.45, 2.75) is 83.8 Å². The molecule has 9 heteroatoms. The molecule has 3 fully saturated rings. The van der Waals surface area contributed by atoms with Gasteiger partial charge in [0.25, 0.3) is 5.91 Å². The van der Waals surface area contributed by atoms with E-state index in [0.29, 0.717) is 17.8 Å². The number of hydrogen-bond donors (Lipinski definition) is 4. The Bertz CT molecular complexity index is 916. The van der Waals surface area contributed by atoms with Crippen molar-refractivity contribution >= 4 is 23.5 Å². The molecule has 188 valence electrons. The Morgan fingerprint density at radius 3 is 2.65 bits per heavy atom. The number of nitrogens with one attached hydrogen (secondary N) is 1. The molecule has 7 atom stereocenters. The number of nitrogens with two attached hydrogens (primary N) is 1. The summed E-state index contributed by atoms with van der Waals surface area (Å²) in [6, 6.07) is -1.38. The molecule has 0 aromatic heterocycles. The van der Waals surface area contributed by atoms with E-state index in [1.54, 1.807) is 0 Å². The number of carboxylic acid groups (broad SMARTS) is 1. The Morgan fingerprint density at radius 1 is 1.18 bits per heavy atom. The number of allylic oxidation sites excluding steroid dienone is 2. The molecule has 0 bridgehead atoms. The number of aliphatic hydroxyl groups excluding tert-OH is 1. The number of oxime groups is 1. The minimum Gasteiger partial charge on any atom is -0.480 e. The van der Waals surface area contributed by atoms with Gasteiger partial charge in [0, 0.05) is 0 Å². The second-order valence-corrected chi connectivity index (χ2v) is 11.1. The van der Waals surface area contributed by atoms with Gasteiger partial charge in [-0.1, -0.05) is 24.6 Å². The van der Waals surface area contributed by atoms with E-state index in [4.69, 9.17) is 15.7 Å². The van der Waals surface area contributed by atoms with Gasteiger partial charge in [0.2, 0.25) is 5.91 Å². The molecule has 2 amide bonds. The van der Waals surface area contributed by atoms with E-state index in [1.807, 2.05) is 0 Å². The van der Waals surface area contributed by atoms with Gasteiger partial charge in [-0.3, -0.25) is 9.59 Å². The molecule has 3 saturated carbocycles.